The van der Waals surface area contributed by atoms with E-state index in [-0.39, 0.29) is 15.9 Å². The second kappa shape index (κ2) is 4.89. The number of anilines is 1. The molecule has 0 unspecified atom stereocenters. The smallest absolute Gasteiger partial charge is 0.291 e. The number of hydrogen-bond donors (Lipinski definition) is 1. The van der Waals surface area contributed by atoms with Crippen LogP contribution in [-0.4, -0.2) is 5.91 Å². The van der Waals surface area contributed by atoms with Gasteiger partial charge in [-0.05, 0) is 41.1 Å². The maximum absolute atomic E-state index is 13.5. The Bertz CT molecular complexity index is 610. The monoisotopic (exact) mass is 315 g/mol. The summed E-state index contributed by atoms with van der Waals surface area (Å²) in [7, 11) is 0. The predicted molar refractivity (Wildman–Crippen MR) is 65.5 cm³/mol. The molecule has 0 spiro atoms. The van der Waals surface area contributed by atoms with E-state index in [9.17, 15) is 13.6 Å². The summed E-state index contributed by atoms with van der Waals surface area (Å²) in [6.07, 6.45) is 0. The number of hydrogen-bond acceptors (Lipinski definition) is 2. The molecule has 0 aliphatic rings. The summed E-state index contributed by atoms with van der Waals surface area (Å²) in [6, 6.07) is 4.90. The summed E-state index contributed by atoms with van der Waals surface area (Å²) in [5, 5.41) is 2.24. The third-order valence-corrected chi connectivity index (χ3v) is 2.83. The van der Waals surface area contributed by atoms with Crippen molar-refractivity contribution in [3.63, 3.8) is 0 Å². The molecule has 6 heteroatoms. The molecule has 1 heterocycles. The van der Waals surface area contributed by atoms with Crippen LogP contribution in [0.3, 0.4) is 0 Å². The minimum atomic E-state index is -0.736. The molecule has 0 aliphatic heterocycles. The molecular weight excluding hydrogens is 308 g/mol. The van der Waals surface area contributed by atoms with Gasteiger partial charge >= 0.3 is 0 Å². The van der Waals surface area contributed by atoms with Gasteiger partial charge in [0, 0.05) is 6.07 Å². The van der Waals surface area contributed by atoms with Gasteiger partial charge in [-0.25, -0.2) is 8.78 Å². The first-order valence-electron chi connectivity index (χ1n) is 4.99. The van der Waals surface area contributed by atoms with Crippen molar-refractivity contribution in [3.05, 3.63) is 51.9 Å². The maximum atomic E-state index is 13.5. The van der Waals surface area contributed by atoms with Gasteiger partial charge in [0.15, 0.2) is 5.76 Å². The lowest BCUT2D eigenvalue weighted by atomic mass is 10.3. The number of nitrogens with one attached hydrogen (secondary N) is 1. The first-order chi connectivity index (χ1) is 8.47. The summed E-state index contributed by atoms with van der Waals surface area (Å²) in [5.41, 5.74) is -0.241. The van der Waals surface area contributed by atoms with E-state index in [1.165, 1.54) is 6.07 Å². The average molecular weight is 316 g/mol. The molecule has 2 aromatic rings. The van der Waals surface area contributed by atoms with Gasteiger partial charge in [0.2, 0.25) is 0 Å². The minimum absolute atomic E-state index is 0.00755. The largest absolute Gasteiger partial charge is 0.456 e. The van der Waals surface area contributed by atoms with Crippen LogP contribution in [0.4, 0.5) is 14.5 Å². The van der Waals surface area contributed by atoms with Gasteiger partial charge < -0.3 is 9.73 Å². The van der Waals surface area contributed by atoms with E-state index in [4.69, 9.17) is 4.42 Å². The predicted octanol–water partition coefficient (Wildman–Crippen LogP) is 3.88. The summed E-state index contributed by atoms with van der Waals surface area (Å²) in [4.78, 5) is 11.7. The molecule has 18 heavy (non-hydrogen) atoms. The van der Waals surface area contributed by atoms with E-state index in [1.807, 2.05) is 0 Å². The summed E-state index contributed by atoms with van der Waals surface area (Å²) in [5.74, 6) is -1.44. The Morgan fingerprint density at radius 3 is 2.61 bits per heavy atom. The number of aryl methyl sites for hydroxylation is 1. The quantitative estimate of drug-likeness (QED) is 0.854. The van der Waals surface area contributed by atoms with Crippen molar-refractivity contribution in [3.8, 4) is 0 Å². The zero-order chi connectivity index (χ0) is 13.3. The normalized spacial score (nSPS) is 10.4. The van der Waals surface area contributed by atoms with Gasteiger partial charge in [0.25, 0.3) is 5.91 Å². The van der Waals surface area contributed by atoms with E-state index < -0.39 is 17.5 Å². The highest BCUT2D eigenvalue weighted by Crippen LogP contribution is 2.23. The highest BCUT2D eigenvalue weighted by molar-refractivity contribution is 9.10. The number of amides is 1. The number of halogens is 3. The molecule has 0 saturated heterocycles. The van der Waals surface area contributed by atoms with Crippen LogP contribution < -0.4 is 5.32 Å². The van der Waals surface area contributed by atoms with Crippen molar-refractivity contribution in [2.75, 3.05) is 5.32 Å². The molecule has 1 aromatic heterocycles. The molecule has 0 bridgehead atoms. The molecule has 3 nitrogen and oxygen atoms in total. The molecule has 0 radical (unpaired) electrons. The van der Waals surface area contributed by atoms with Crippen molar-refractivity contribution >= 4 is 27.5 Å². The van der Waals surface area contributed by atoms with Crippen LogP contribution in [0.5, 0.6) is 0 Å². The van der Waals surface area contributed by atoms with Crippen LogP contribution in [0.15, 0.2) is 33.2 Å². The molecule has 1 aromatic carbocycles. The molecule has 1 amide bonds. The second-order valence-electron chi connectivity index (χ2n) is 3.61. The van der Waals surface area contributed by atoms with Crippen molar-refractivity contribution in [1.29, 1.82) is 0 Å². The van der Waals surface area contributed by atoms with E-state index in [2.05, 4.69) is 21.2 Å². The van der Waals surface area contributed by atoms with Crippen molar-refractivity contribution in [2.24, 2.45) is 0 Å². The topological polar surface area (TPSA) is 42.2 Å². The molecule has 94 valence electrons. The van der Waals surface area contributed by atoms with Gasteiger partial charge in [-0.1, -0.05) is 0 Å². The fourth-order valence-corrected chi connectivity index (χ4v) is 1.67. The van der Waals surface area contributed by atoms with E-state index in [0.717, 1.165) is 12.1 Å². The Balaban J connectivity index is 2.24. The van der Waals surface area contributed by atoms with Crippen molar-refractivity contribution in [1.82, 2.24) is 0 Å². The first kappa shape index (κ1) is 12.8. The summed E-state index contributed by atoms with van der Waals surface area (Å²) < 4.78 is 31.8. The molecule has 0 fully saturated rings. The molecule has 2 rings (SSSR count). The second-order valence-corrected chi connectivity index (χ2v) is 4.46. The zero-order valence-electron chi connectivity index (χ0n) is 9.26. The lowest BCUT2D eigenvalue weighted by Gasteiger charge is -2.05. The van der Waals surface area contributed by atoms with Gasteiger partial charge in [0.1, 0.15) is 17.4 Å². The SMILES string of the molecule is Cc1ccc(C(=O)Nc2cc(F)c(Br)cc2F)o1. The van der Waals surface area contributed by atoms with E-state index in [0.29, 0.717) is 5.76 Å². The number of carbonyl (C=O) groups excluding carboxylic acids is 1. The maximum Gasteiger partial charge on any atom is 0.291 e. The van der Waals surface area contributed by atoms with Crippen LogP contribution in [0.2, 0.25) is 0 Å². The number of carbonyl (C=O) groups is 1. The van der Waals surface area contributed by atoms with Crippen LogP contribution in [0.1, 0.15) is 16.3 Å². The summed E-state index contributed by atoms with van der Waals surface area (Å²) in [6.45, 7) is 1.68. The summed E-state index contributed by atoms with van der Waals surface area (Å²) >= 11 is 2.85. The molecular formula is C12H8BrF2NO2. The molecule has 0 atom stereocenters. The zero-order valence-corrected chi connectivity index (χ0v) is 10.8. The molecule has 0 aliphatic carbocycles. The van der Waals surface area contributed by atoms with Gasteiger partial charge in [0.05, 0.1) is 10.2 Å². The third-order valence-electron chi connectivity index (χ3n) is 2.22. The standard InChI is InChI=1S/C12H8BrF2NO2/c1-6-2-3-11(18-6)12(17)16-10-5-8(14)7(13)4-9(10)15/h2-5H,1H3,(H,16,17). The van der Waals surface area contributed by atoms with Crippen molar-refractivity contribution in [2.45, 2.75) is 6.92 Å². The highest BCUT2D eigenvalue weighted by atomic mass is 79.9. The minimum Gasteiger partial charge on any atom is -0.456 e. The fraction of sp³-hybridized carbons (Fsp3) is 0.0833. The van der Waals surface area contributed by atoms with Gasteiger partial charge in [-0.3, -0.25) is 4.79 Å². The van der Waals surface area contributed by atoms with Crippen LogP contribution in [-0.2, 0) is 0 Å². The van der Waals surface area contributed by atoms with Crippen LogP contribution in [0, 0.1) is 18.6 Å². The van der Waals surface area contributed by atoms with E-state index >= 15 is 0 Å². The average Bonchev–Trinajstić information content (AvgIpc) is 2.73. The van der Waals surface area contributed by atoms with Gasteiger partial charge in [-0.15, -0.1) is 0 Å². The molecule has 1 N–H and O–H groups in total. The van der Waals surface area contributed by atoms with Crippen LogP contribution >= 0.6 is 15.9 Å². The first-order valence-corrected chi connectivity index (χ1v) is 5.79. The van der Waals surface area contributed by atoms with Crippen molar-refractivity contribution < 1.29 is 18.0 Å². The lowest BCUT2D eigenvalue weighted by molar-refractivity contribution is 0.0995. The highest BCUT2D eigenvalue weighted by Gasteiger charge is 2.14. The van der Waals surface area contributed by atoms with Gasteiger partial charge in [-0.2, -0.15) is 0 Å². The van der Waals surface area contributed by atoms with E-state index in [1.54, 1.807) is 13.0 Å². The third kappa shape index (κ3) is 2.59. The number of benzene rings is 1. The Labute approximate surface area is 110 Å². The Kier molecular flexibility index (Phi) is 3.47. The lowest BCUT2D eigenvalue weighted by Crippen LogP contribution is -2.12. The molecule has 0 saturated carbocycles. The Morgan fingerprint density at radius 1 is 1.28 bits per heavy atom. The number of furan rings is 1. The van der Waals surface area contributed by atoms with Crippen LogP contribution in [0.25, 0.3) is 0 Å². The Morgan fingerprint density at radius 2 is 2.00 bits per heavy atom. The number of rotatable bonds is 2. The fourth-order valence-electron chi connectivity index (χ4n) is 1.36. The Hall–Kier alpha value is -1.69.